The van der Waals surface area contributed by atoms with Crippen molar-refractivity contribution in [3.8, 4) is 11.5 Å². The summed E-state index contributed by atoms with van der Waals surface area (Å²) in [6.45, 7) is 6.07. The third kappa shape index (κ3) is 4.71. The van der Waals surface area contributed by atoms with E-state index in [-0.39, 0.29) is 22.7 Å². The number of carbonyl (C=O) groups excluding carboxylic acids is 1. The number of carbonyl (C=O) groups is 1. The lowest BCUT2D eigenvalue weighted by molar-refractivity contribution is -0.384. The molecule has 1 aliphatic heterocycles. The third-order valence-electron chi connectivity index (χ3n) is 4.48. The van der Waals surface area contributed by atoms with E-state index in [0.717, 1.165) is 17.7 Å². The van der Waals surface area contributed by atoms with Crippen molar-refractivity contribution in [2.45, 2.75) is 39.3 Å². The Labute approximate surface area is 173 Å². The number of non-ortho nitro benzene ring substituents is 1. The first-order chi connectivity index (χ1) is 13.8. The Kier molecular flexibility index (Phi) is 6.12. The lowest BCUT2D eigenvalue weighted by atomic mass is 10.1. The smallest absolute Gasteiger partial charge is 0.271 e. The monoisotopic (exact) mass is 419 g/mol. The molecule has 0 fully saturated rings. The molecule has 1 heterocycles. The van der Waals surface area contributed by atoms with Crippen molar-refractivity contribution >= 4 is 34.6 Å². The summed E-state index contributed by atoms with van der Waals surface area (Å²) in [5, 5.41) is 16.7. The summed E-state index contributed by atoms with van der Waals surface area (Å²) in [5.74, 6) is 1.07. The van der Waals surface area contributed by atoms with E-state index in [1.54, 1.807) is 6.92 Å². The van der Waals surface area contributed by atoms with Crippen LogP contribution in [0.3, 0.4) is 0 Å². The first-order valence-electron chi connectivity index (χ1n) is 9.26. The standard InChI is InChI=1S/C20H22ClN3O5/c1-4-28-19-8-13-7-11(2)29-18(13)10-17(19)22-12(3)20(25)23-16-6-5-14(24(26)27)9-15(16)21/h5-6,8-12,22H,4,7H2,1-3H3,(H,23,25)/t11-,12+/m0/s1. The molecule has 2 atom stereocenters. The maximum Gasteiger partial charge on any atom is 0.271 e. The Morgan fingerprint density at radius 2 is 2.14 bits per heavy atom. The molecule has 8 nitrogen and oxygen atoms in total. The Bertz CT molecular complexity index is 950. The van der Waals surface area contributed by atoms with Gasteiger partial charge in [-0.1, -0.05) is 11.6 Å². The van der Waals surface area contributed by atoms with Gasteiger partial charge in [0.1, 0.15) is 23.6 Å². The van der Waals surface area contributed by atoms with Crippen molar-refractivity contribution in [3.63, 3.8) is 0 Å². The number of benzene rings is 2. The van der Waals surface area contributed by atoms with E-state index in [2.05, 4.69) is 10.6 Å². The average Bonchev–Trinajstić information content (AvgIpc) is 3.02. The van der Waals surface area contributed by atoms with Crippen molar-refractivity contribution in [1.29, 1.82) is 0 Å². The predicted molar refractivity (Wildman–Crippen MR) is 111 cm³/mol. The number of halogens is 1. The Morgan fingerprint density at radius 1 is 1.38 bits per heavy atom. The number of rotatable bonds is 7. The molecular formula is C20H22ClN3O5. The van der Waals surface area contributed by atoms with Gasteiger partial charge in [-0.15, -0.1) is 0 Å². The van der Waals surface area contributed by atoms with Crippen LogP contribution < -0.4 is 20.1 Å². The van der Waals surface area contributed by atoms with Crippen molar-refractivity contribution in [2.75, 3.05) is 17.2 Å². The van der Waals surface area contributed by atoms with Crippen LogP contribution in [0.2, 0.25) is 5.02 Å². The maximum absolute atomic E-state index is 12.6. The summed E-state index contributed by atoms with van der Waals surface area (Å²) in [5.41, 5.74) is 1.87. The molecule has 154 valence electrons. The lowest BCUT2D eigenvalue weighted by Crippen LogP contribution is -2.32. The SMILES string of the molecule is CCOc1cc2c(cc1N[C@H](C)C(=O)Nc1ccc([N+](=O)[O-])cc1Cl)O[C@@H](C)C2. The van der Waals surface area contributed by atoms with Gasteiger partial charge in [-0.3, -0.25) is 14.9 Å². The zero-order valence-corrected chi connectivity index (χ0v) is 17.1. The molecule has 2 aromatic carbocycles. The van der Waals surface area contributed by atoms with Crippen molar-refractivity contribution in [3.05, 3.63) is 51.0 Å². The van der Waals surface area contributed by atoms with E-state index in [4.69, 9.17) is 21.1 Å². The van der Waals surface area contributed by atoms with Crippen molar-refractivity contribution in [2.24, 2.45) is 0 Å². The molecule has 0 spiro atoms. The van der Waals surface area contributed by atoms with E-state index in [1.807, 2.05) is 26.0 Å². The Morgan fingerprint density at radius 3 is 2.79 bits per heavy atom. The van der Waals surface area contributed by atoms with Gasteiger partial charge < -0.3 is 20.1 Å². The summed E-state index contributed by atoms with van der Waals surface area (Å²) in [7, 11) is 0. The first-order valence-corrected chi connectivity index (χ1v) is 9.64. The van der Waals surface area contributed by atoms with Crippen LogP contribution in [-0.2, 0) is 11.2 Å². The highest BCUT2D eigenvalue weighted by atomic mass is 35.5. The lowest BCUT2D eigenvalue weighted by Gasteiger charge is -2.19. The highest BCUT2D eigenvalue weighted by Crippen LogP contribution is 2.38. The second-order valence-electron chi connectivity index (χ2n) is 6.80. The molecule has 0 aliphatic carbocycles. The summed E-state index contributed by atoms with van der Waals surface area (Å²) >= 11 is 6.05. The second kappa shape index (κ2) is 8.57. The molecule has 2 N–H and O–H groups in total. The minimum absolute atomic E-state index is 0.0923. The molecule has 0 radical (unpaired) electrons. The highest BCUT2D eigenvalue weighted by Gasteiger charge is 2.24. The van der Waals surface area contributed by atoms with Crippen molar-refractivity contribution in [1.82, 2.24) is 0 Å². The van der Waals surface area contributed by atoms with Gasteiger partial charge in [0.15, 0.2) is 0 Å². The molecule has 0 bridgehead atoms. The number of ether oxygens (including phenoxy) is 2. The minimum Gasteiger partial charge on any atom is -0.492 e. The van der Waals surface area contributed by atoms with Crippen molar-refractivity contribution < 1.29 is 19.2 Å². The molecule has 1 aliphatic rings. The van der Waals surface area contributed by atoms with E-state index in [1.165, 1.54) is 18.2 Å². The summed E-state index contributed by atoms with van der Waals surface area (Å²) < 4.78 is 11.5. The number of fused-ring (bicyclic) bond motifs is 1. The number of nitro groups is 1. The van der Waals surface area contributed by atoms with E-state index < -0.39 is 11.0 Å². The number of nitrogens with zero attached hydrogens (tertiary/aromatic N) is 1. The van der Waals surface area contributed by atoms with Gasteiger partial charge in [-0.05, 0) is 32.9 Å². The predicted octanol–water partition coefficient (Wildman–Crippen LogP) is 4.41. The zero-order valence-electron chi connectivity index (χ0n) is 16.3. The van der Waals surface area contributed by atoms with Gasteiger partial charge in [-0.2, -0.15) is 0 Å². The number of nitro benzene ring substituents is 1. The minimum atomic E-state index is -0.627. The van der Waals surface area contributed by atoms with E-state index in [0.29, 0.717) is 23.7 Å². The van der Waals surface area contributed by atoms with E-state index in [9.17, 15) is 14.9 Å². The fourth-order valence-electron chi connectivity index (χ4n) is 3.09. The first kappa shape index (κ1) is 20.7. The highest BCUT2D eigenvalue weighted by molar-refractivity contribution is 6.34. The zero-order chi connectivity index (χ0) is 21.1. The normalized spacial score (nSPS) is 15.8. The van der Waals surface area contributed by atoms with Crippen LogP contribution in [-0.4, -0.2) is 29.6 Å². The largest absolute Gasteiger partial charge is 0.492 e. The fourth-order valence-corrected chi connectivity index (χ4v) is 3.31. The van der Waals surface area contributed by atoms with Crippen LogP contribution in [0.25, 0.3) is 0 Å². The Hall–Kier alpha value is -3.00. The molecular weight excluding hydrogens is 398 g/mol. The molecule has 0 unspecified atom stereocenters. The number of amides is 1. The van der Waals surface area contributed by atoms with Gasteiger partial charge in [0.05, 0.1) is 27.9 Å². The number of hydrogen-bond acceptors (Lipinski definition) is 6. The molecule has 9 heteroatoms. The van der Waals surface area contributed by atoms with Crippen LogP contribution in [0.4, 0.5) is 17.1 Å². The molecule has 3 rings (SSSR count). The summed E-state index contributed by atoms with van der Waals surface area (Å²) in [6.07, 6.45) is 0.907. The molecule has 2 aromatic rings. The Balaban J connectivity index is 1.74. The maximum atomic E-state index is 12.6. The average molecular weight is 420 g/mol. The van der Waals surface area contributed by atoms with Gasteiger partial charge in [0.2, 0.25) is 5.91 Å². The van der Waals surface area contributed by atoms with Crippen LogP contribution in [0.15, 0.2) is 30.3 Å². The van der Waals surface area contributed by atoms with Crippen LogP contribution >= 0.6 is 11.6 Å². The van der Waals surface area contributed by atoms with E-state index >= 15 is 0 Å². The molecule has 1 amide bonds. The van der Waals surface area contributed by atoms with Crippen LogP contribution in [0.5, 0.6) is 11.5 Å². The summed E-state index contributed by atoms with van der Waals surface area (Å²) in [4.78, 5) is 22.9. The third-order valence-corrected chi connectivity index (χ3v) is 4.80. The topological polar surface area (TPSA) is 103 Å². The van der Waals surface area contributed by atoms with Gasteiger partial charge in [-0.25, -0.2) is 0 Å². The molecule has 0 saturated carbocycles. The molecule has 29 heavy (non-hydrogen) atoms. The number of hydrogen-bond donors (Lipinski definition) is 2. The van der Waals surface area contributed by atoms with Gasteiger partial charge in [0.25, 0.3) is 5.69 Å². The fraction of sp³-hybridized carbons (Fsp3) is 0.350. The number of nitrogens with one attached hydrogen (secondary N) is 2. The van der Waals surface area contributed by atoms with Gasteiger partial charge in [0, 0.05) is 30.2 Å². The quantitative estimate of drug-likeness (QED) is 0.509. The summed E-state index contributed by atoms with van der Waals surface area (Å²) in [6, 6.07) is 7.03. The van der Waals surface area contributed by atoms with Crippen LogP contribution in [0, 0.1) is 10.1 Å². The van der Waals surface area contributed by atoms with Crippen LogP contribution in [0.1, 0.15) is 26.3 Å². The molecule has 0 aromatic heterocycles. The molecule has 0 saturated heterocycles. The number of anilines is 2. The second-order valence-corrected chi connectivity index (χ2v) is 7.21. The van der Waals surface area contributed by atoms with Gasteiger partial charge >= 0.3 is 0 Å².